The van der Waals surface area contributed by atoms with E-state index in [4.69, 9.17) is 9.47 Å². The topological polar surface area (TPSA) is 79.0 Å². The number of hydrogen-bond acceptors (Lipinski definition) is 9. The molecule has 1 aromatic rings. The van der Waals surface area contributed by atoms with E-state index in [-0.39, 0.29) is 30.9 Å². The van der Waals surface area contributed by atoms with E-state index in [0.29, 0.717) is 25.5 Å². The lowest BCUT2D eigenvalue weighted by atomic mass is 10.2. The van der Waals surface area contributed by atoms with Crippen molar-refractivity contribution in [2.45, 2.75) is 11.2 Å². The predicted octanol–water partition coefficient (Wildman–Crippen LogP) is 0.898. The van der Waals surface area contributed by atoms with Gasteiger partial charge in [-0.05, 0) is 12.1 Å². The average Bonchev–Trinajstić information content (AvgIpc) is 3.19. The van der Waals surface area contributed by atoms with E-state index in [1.165, 1.54) is 0 Å². The van der Waals surface area contributed by atoms with Crippen molar-refractivity contribution in [3.8, 4) is 5.75 Å². The first-order chi connectivity index (χ1) is 13.3. The van der Waals surface area contributed by atoms with Gasteiger partial charge < -0.3 is 20.1 Å². The zero-order chi connectivity index (χ0) is 18.5. The van der Waals surface area contributed by atoms with E-state index < -0.39 is 5.12 Å². The van der Waals surface area contributed by atoms with Gasteiger partial charge in [-0.2, -0.15) is 0 Å². The first-order valence-electron chi connectivity index (χ1n) is 9.26. The number of allylic oxidation sites excluding steroid dienone is 1. The van der Waals surface area contributed by atoms with Gasteiger partial charge in [0.15, 0.2) is 6.29 Å². The molecular weight excluding hydrogens is 437 g/mol. The Kier molecular flexibility index (Phi) is 9.48. The van der Waals surface area contributed by atoms with Crippen LogP contribution in [0, 0.1) is 0 Å². The normalized spacial score (nSPS) is 27.7. The highest BCUT2D eigenvalue weighted by Gasteiger charge is 2.49. The van der Waals surface area contributed by atoms with Crippen molar-refractivity contribution in [3.63, 3.8) is 0 Å². The highest BCUT2D eigenvalue weighted by Crippen LogP contribution is 2.39. The van der Waals surface area contributed by atoms with Crippen LogP contribution in [0.2, 0.25) is 0 Å². The molecule has 3 aliphatic rings. The molecule has 0 saturated carbocycles. The molecule has 11 heteroatoms. The minimum atomic E-state index is -0.481. The summed E-state index contributed by atoms with van der Waals surface area (Å²) < 4.78 is 11.6. The van der Waals surface area contributed by atoms with Crippen LogP contribution in [0.15, 0.2) is 35.6 Å². The first-order valence-corrected chi connectivity index (χ1v) is 10.1. The van der Waals surface area contributed by atoms with Crippen LogP contribution in [0.1, 0.15) is 0 Å². The van der Waals surface area contributed by atoms with Crippen LogP contribution in [-0.2, 0) is 9.53 Å². The molecule has 0 spiro atoms. The van der Waals surface area contributed by atoms with Crippen LogP contribution in [0.3, 0.4) is 0 Å². The number of nitrogens with zero attached hydrogens (tertiary/aromatic N) is 3. The fraction of sp³-hybridized carbons (Fsp3) is 0.556. The van der Waals surface area contributed by atoms with Gasteiger partial charge >= 0.3 is 0 Å². The molecule has 162 valence electrons. The van der Waals surface area contributed by atoms with Crippen LogP contribution in [-0.4, -0.2) is 84.8 Å². The summed E-state index contributed by atoms with van der Waals surface area (Å²) >= 11 is 1.66. The van der Waals surface area contributed by atoms with E-state index in [1.54, 1.807) is 24.2 Å². The zero-order valence-electron chi connectivity index (χ0n) is 16.0. The van der Waals surface area contributed by atoms with E-state index in [2.05, 4.69) is 25.4 Å². The second-order valence-electron chi connectivity index (χ2n) is 6.69. The van der Waals surface area contributed by atoms with Crippen LogP contribution in [0.25, 0.3) is 0 Å². The molecule has 0 aliphatic carbocycles. The predicted molar refractivity (Wildman–Crippen MR) is 118 cm³/mol. The monoisotopic (exact) mass is 463 g/mol. The third kappa shape index (κ3) is 5.35. The van der Waals surface area contributed by atoms with Gasteiger partial charge in [-0.25, -0.2) is 0 Å². The Morgan fingerprint density at radius 3 is 2.86 bits per heavy atom. The Labute approximate surface area is 187 Å². The van der Waals surface area contributed by atoms with Gasteiger partial charge in [-0.1, -0.05) is 11.8 Å². The molecule has 8 nitrogen and oxygen atoms in total. The fourth-order valence-corrected chi connectivity index (χ4v) is 5.01. The van der Waals surface area contributed by atoms with Crippen molar-refractivity contribution < 1.29 is 14.3 Å². The largest absolute Gasteiger partial charge is 0.490 e. The molecule has 2 N–H and O–H groups in total. The second-order valence-corrected chi connectivity index (χ2v) is 7.73. The lowest BCUT2D eigenvalue weighted by molar-refractivity contribution is -0.107. The number of nitrogens with one attached hydrogen (secondary N) is 2. The molecule has 2 saturated heterocycles. The fourth-order valence-electron chi connectivity index (χ4n) is 3.72. The molecular formula is C18H27Cl2N5O3S. The van der Waals surface area contributed by atoms with Crippen molar-refractivity contribution in [2.75, 3.05) is 52.5 Å². The van der Waals surface area contributed by atoms with Crippen molar-refractivity contribution >= 4 is 42.9 Å². The van der Waals surface area contributed by atoms with Crippen molar-refractivity contribution in [3.05, 3.63) is 35.6 Å². The Hall–Kier alpha value is -1.07. The Morgan fingerprint density at radius 1 is 1.34 bits per heavy atom. The number of pyridine rings is 1. The van der Waals surface area contributed by atoms with Crippen LogP contribution < -0.4 is 15.4 Å². The zero-order valence-corrected chi connectivity index (χ0v) is 18.4. The summed E-state index contributed by atoms with van der Waals surface area (Å²) in [6.07, 6.45) is 4.35. The number of piperazine rings is 1. The second kappa shape index (κ2) is 11.4. The summed E-state index contributed by atoms with van der Waals surface area (Å²) in [7, 11) is 0. The number of morpholine rings is 1. The number of aldehydes is 1. The number of carbonyl (C=O) groups is 1. The standard InChI is InChI=1S/C18H25N5O3S.2ClH/c24-12-15-14-27-18(21-15,22-6-8-25-9-7-22)23-5-4-20-10-16(23)13-26-17-2-1-3-19-11-17;;/h1-3,11-12,14,16,20-21H,4-10,13H2;2*1H. The number of hydrogen-bond donors (Lipinski definition) is 2. The number of halogens is 2. The molecule has 2 atom stereocenters. The number of ether oxygens (including phenoxy) is 2. The highest BCUT2D eigenvalue weighted by atomic mass is 35.5. The summed E-state index contributed by atoms with van der Waals surface area (Å²) in [5, 5.41) is 8.38. The van der Waals surface area contributed by atoms with E-state index in [0.717, 1.165) is 44.8 Å². The Balaban J connectivity index is 0.00000150. The maximum Gasteiger partial charge on any atom is 0.204 e. The van der Waals surface area contributed by atoms with E-state index >= 15 is 0 Å². The molecule has 4 heterocycles. The summed E-state index contributed by atoms with van der Waals surface area (Å²) in [6.45, 7) is 6.16. The molecule has 2 fully saturated rings. The van der Waals surface area contributed by atoms with Crippen LogP contribution in [0.5, 0.6) is 5.75 Å². The van der Waals surface area contributed by atoms with Crippen molar-refractivity contribution in [1.82, 2.24) is 25.4 Å². The maximum absolute atomic E-state index is 11.4. The Bertz CT molecular complexity index is 681. The van der Waals surface area contributed by atoms with E-state index in [1.807, 2.05) is 17.5 Å². The SMILES string of the molecule is Cl.Cl.O=CC1=CSC(N2CCOCC2)(N2CCNCC2COc2cccnc2)N1. The van der Waals surface area contributed by atoms with Crippen LogP contribution in [0.4, 0.5) is 0 Å². The lowest BCUT2D eigenvalue weighted by Gasteiger charge is -2.53. The minimum absolute atomic E-state index is 0. The van der Waals surface area contributed by atoms with Gasteiger partial charge in [-0.3, -0.25) is 19.6 Å². The summed E-state index contributed by atoms with van der Waals surface area (Å²) in [6, 6.07) is 3.94. The maximum atomic E-state index is 11.4. The smallest absolute Gasteiger partial charge is 0.204 e. The molecule has 0 amide bonds. The lowest BCUT2D eigenvalue weighted by Crippen LogP contribution is -2.72. The summed E-state index contributed by atoms with van der Waals surface area (Å²) in [4.78, 5) is 20.3. The van der Waals surface area contributed by atoms with Gasteiger partial charge in [0.25, 0.3) is 0 Å². The first kappa shape index (κ1) is 24.2. The minimum Gasteiger partial charge on any atom is -0.490 e. The average molecular weight is 464 g/mol. The third-order valence-corrected chi connectivity index (χ3v) is 6.34. The summed E-state index contributed by atoms with van der Waals surface area (Å²) in [5.41, 5.74) is 0.622. The van der Waals surface area contributed by atoms with Gasteiger partial charge in [0.05, 0.1) is 31.1 Å². The molecule has 4 rings (SSSR count). The Morgan fingerprint density at radius 2 is 2.17 bits per heavy atom. The number of rotatable bonds is 6. The summed E-state index contributed by atoms with van der Waals surface area (Å²) in [5.74, 6) is 0.766. The quantitative estimate of drug-likeness (QED) is 0.597. The van der Waals surface area contributed by atoms with Gasteiger partial charge in [0, 0.05) is 44.3 Å². The van der Waals surface area contributed by atoms with Crippen molar-refractivity contribution in [1.29, 1.82) is 0 Å². The third-order valence-electron chi connectivity index (χ3n) is 5.04. The van der Waals surface area contributed by atoms with E-state index in [9.17, 15) is 4.79 Å². The number of aromatic nitrogens is 1. The molecule has 1 aromatic heterocycles. The molecule has 0 aromatic carbocycles. The van der Waals surface area contributed by atoms with Gasteiger partial charge in [0.2, 0.25) is 5.12 Å². The molecule has 29 heavy (non-hydrogen) atoms. The molecule has 2 unspecified atom stereocenters. The highest BCUT2D eigenvalue weighted by molar-refractivity contribution is 8.03. The van der Waals surface area contributed by atoms with Gasteiger partial charge in [0.1, 0.15) is 12.4 Å². The van der Waals surface area contributed by atoms with Crippen LogP contribution >= 0.6 is 36.6 Å². The molecule has 0 bridgehead atoms. The molecule has 0 radical (unpaired) electrons. The number of carbonyl (C=O) groups excluding carboxylic acids is 1. The van der Waals surface area contributed by atoms with Crippen molar-refractivity contribution in [2.24, 2.45) is 0 Å². The number of thioether (sulfide) groups is 1. The molecule has 3 aliphatic heterocycles. The van der Waals surface area contributed by atoms with Gasteiger partial charge in [-0.15, -0.1) is 24.8 Å².